The smallest absolute Gasteiger partial charge is 0.462 e. The van der Waals surface area contributed by atoms with Gasteiger partial charge < -0.3 is 33.8 Å². The minimum absolute atomic E-state index is 0.107. The first kappa shape index (κ1) is 98.1. The van der Waals surface area contributed by atoms with Crippen molar-refractivity contribution < 1.29 is 80.2 Å². The molecule has 2 unspecified atom stereocenters. The highest BCUT2D eigenvalue weighted by Gasteiger charge is 2.30. The summed E-state index contributed by atoms with van der Waals surface area (Å²) >= 11 is 0. The quantitative estimate of drug-likeness (QED) is 0.0222. The van der Waals surface area contributed by atoms with Crippen LogP contribution in [0.1, 0.15) is 433 Å². The van der Waals surface area contributed by atoms with E-state index in [0.29, 0.717) is 31.6 Å². The molecule has 0 amide bonds. The molecule has 3 N–H and O–H groups in total. The molecular formula is C81H158O17P2. The van der Waals surface area contributed by atoms with Crippen LogP contribution in [0.3, 0.4) is 0 Å². The van der Waals surface area contributed by atoms with E-state index in [1.807, 2.05) is 0 Å². The highest BCUT2D eigenvalue weighted by Crippen LogP contribution is 2.45. The van der Waals surface area contributed by atoms with E-state index in [1.165, 1.54) is 250 Å². The van der Waals surface area contributed by atoms with Crippen molar-refractivity contribution in [2.24, 2.45) is 5.92 Å². The van der Waals surface area contributed by atoms with Crippen molar-refractivity contribution in [2.75, 3.05) is 39.6 Å². The van der Waals surface area contributed by atoms with Crippen molar-refractivity contribution in [3.05, 3.63) is 0 Å². The Bertz CT molecular complexity index is 1910. The van der Waals surface area contributed by atoms with E-state index in [2.05, 4.69) is 34.6 Å². The Morgan fingerprint density at radius 1 is 0.270 bits per heavy atom. The molecule has 0 aliphatic carbocycles. The van der Waals surface area contributed by atoms with Crippen LogP contribution in [0.15, 0.2) is 0 Å². The predicted molar refractivity (Wildman–Crippen MR) is 409 cm³/mol. The molecule has 594 valence electrons. The number of carbonyl (C=O) groups excluding carboxylic acids is 4. The molecule has 0 saturated carbocycles. The van der Waals surface area contributed by atoms with E-state index in [4.69, 9.17) is 37.0 Å². The number of ether oxygens (including phenoxy) is 4. The van der Waals surface area contributed by atoms with Crippen molar-refractivity contribution in [3.63, 3.8) is 0 Å². The third-order valence-corrected chi connectivity index (χ3v) is 20.9. The minimum Gasteiger partial charge on any atom is -0.462 e. The summed E-state index contributed by atoms with van der Waals surface area (Å²) in [7, 11) is -9.92. The zero-order chi connectivity index (χ0) is 73.4. The number of hydrogen-bond acceptors (Lipinski definition) is 15. The fraction of sp³-hybridized carbons (Fsp3) is 0.951. The Labute approximate surface area is 613 Å². The normalized spacial score (nSPS) is 13.8. The maximum absolute atomic E-state index is 13.1. The highest BCUT2D eigenvalue weighted by atomic mass is 31.2. The average molecular weight is 1470 g/mol. The maximum atomic E-state index is 13.1. The Hall–Kier alpha value is -1.94. The molecule has 100 heavy (non-hydrogen) atoms. The lowest BCUT2D eigenvalue weighted by molar-refractivity contribution is -0.161. The van der Waals surface area contributed by atoms with Gasteiger partial charge in [0, 0.05) is 25.7 Å². The fourth-order valence-corrected chi connectivity index (χ4v) is 14.2. The summed E-state index contributed by atoms with van der Waals surface area (Å²) in [5, 5.41) is 10.6. The van der Waals surface area contributed by atoms with Crippen LogP contribution in [0.4, 0.5) is 0 Å². The van der Waals surface area contributed by atoms with E-state index in [0.717, 1.165) is 96.3 Å². The minimum atomic E-state index is -4.96. The zero-order valence-corrected chi connectivity index (χ0v) is 67.1. The molecular weight excluding hydrogens is 1310 g/mol. The molecule has 0 bridgehead atoms. The monoisotopic (exact) mass is 1470 g/mol. The van der Waals surface area contributed by atoms with Gasteiger partial charge in [0.1, 0.15) is 19.3 Å². The van der Waals surface area contributed by atoms with E-state index in [-0.39, 0.29) is 25.7 Å². The Morgan fingerprint density at radius 3 is 0.680 bits per heavy atom. The van der Waals surface area contributed by atoms with Gasteiger partial charge in [-0.15, -0.1) is 0 Å². The molecule has 0 aromatic heterocycles. The number of phosphoric acid groups is 2. The number of esters is 4. The summed E-state index contributed by atoms with van der Waals surface area (Å²) in [6, 6.07) is 0. The number of unbranched alkanes of at least 4 members (excludes halogenated alkanes) is 53. The molecule has 0 aromatic carbocycles. The maximum Gasteiger partial charge on any atom is 0.472 e. The largest absolute Gasteiger partial charge is 0.472 e. The van der Waals surface area contributed by atoms with Gasteiger partial charge in [-0.05, 0) is 31.6 Å². The molecule has 19 heteroatoms. The first-order valence-electron chi connectivity index (χ1n) is 42.1. The zero-order valence-electron chi connectivity index (χ0n) is 65.3. The molecule has 0 fully saturated rings. The number of hydrogen-bond donors (Lipinski definition) is 3. The molecule has 0 radical (unpaired) electrons. The van der Waals surface area contributed by atoms with Gasteiger partial charge in [0.05, 0.1) is 26.4 Å². The number of aliphatic hydroxyl groups is 1. The van der Waals surface area contributed by atoms with Crippen LogP contribution >= 0.6 is 15.6 Å². The second kappa shape index (κ2) is 73.9. The van der Waals surface area contributed by atoms with Gasteiger partial charge in [0.2, 0.25) is 0 Å². The highest BCUT2D eigenvalue weighted by molar-refractivity contribution is 7.47. The first-order chi connectivity index (χ1) is 48.5. The molecule has 0 spiro atoms. The molecule has 0 aliphatic rings. The average Bonchev–Trinajstić information content (AvgIpc) is 0.923. The van der Waals surface area contributed by atoms with Gasteiger partial charge >= 0.3 is 39.5 Å². The van der Waals surface area contributed by atoms with Gasteiger partial charge in [0.25, 0.3) is 0 Å². The van der Waals surface area contributed by atoms with Gasteiger partial charge in [-0.2, -0.15) is 0 Å². The van der Waals surface area contributed by atoms with Crippen molar-refractivity contribution >= 4 is 39.5 Å². The molecule has 0 aromatic rings. The van der Waals surface area contributed by atoms with Gasteiger partial charge in [0.15, 0.2) is 12.2 Å². The van der Waals surface area contributed by atoms with Crippen LogP contribution in [0.25, 0.3) is 0 Å². The summed E-state index contributed by atoms with van der Waals surface area (Å²) in [6.07, 6.45) is 65.4. The lowest BCUT2D eigenvalue weighted by Crippen LogP contribution is -2.30. The van der Waals surface area contributed by atoms with Gasteiger partial charge in [-0.25, -0.2) is 9.13 Å². The number of carbonyl (C=O) groups is 4. The first-order valence-corrected chi connectivity index (χ1v) is 45.1. The Balaban J connectivity index is 5.20. The van der Waals surface area contributed by atoms with E-state index in [1.54, 1.807) is 0 Å². The summed E-state index contributed by atoms with van der Waals surface area (Å²) in [6.45, 7) is 7.27. The van der Waals surface area contributed by atoms with E-state index >= 15 is 0 Å². The topological polar surface area (TPSA) is 237 Å². The van der Waals surface area contributed by atoms with Crippen LogP contribution in [-0.2, 0) is 65.4 Å². The molecule has 0 heterocycles. The second-order valence-corrected chi connectivity index (χ2v) is 32.5. The molecule has 0 aliphatic heterocycles. The van der Waals surface area contributed by atoms with Crippen molar-refractivity contribution in [1.82, 2.24) is 0 Å². The second-order valence-electron chi connectivity index (χ2n) is 29.6. The van der Waals surface area contributed by atoms with E-state index in [9.17, 15) is 43.2 Å². The SMILES string of the molecule is CCCCCCCCCCCCCCCCCCCCCCCCC(=O)O[C@H](COC(=O)CCCCCCCCCCCCCCCCCC)COP(=O)(O)OC[C@@H](O)COP(=O)(O)OC[C@@H](COC(=O)CCCCCCCCCC(C)C)OC(=O)CCCCCCCCCCCCCC. The van der Waals surface area contributed by atoms with E-state index < -0.39 is 97.5 Å². The third kappa shape index (κ3) is 74.3. The van der Waals surface area contributed by atoms with Crippen LogP contribution in [0, 0.1) is 5.92 Å². The van der Waals surface area contributed by atoms with Crippen LogP contribution in [0.2, 0.25) is 0 Å². The number of rotatable bonds is 81. The number of phosphoric ester groups is 2. The lowest BCUT2D eigenvalue weighted by atomic mass is 10.0. The lowest BCUT2D eigenvalue weighted by Gasteiger charge is -2.21. The van der Waals surface area contributed by atoms with Crippen LogP contribution in [0.5, 0.6) is 0 Å². The Kier molecular flexibility index (Phi) is 72.5. The Morgan fingerprint density at radius 2 is 0.460 bits per heavy atom. The van der Waals surface area contributed by atoms with Gasteiger partial charge in [-0.3, -0.25) is 37.3 Å². The summed E-state index contributed by atoms with van der Waals surface area (Å²) in [5.74, 6) is -1.40. The third-order valence-electron chi connectivity index (χ3n) is 19.0. The fourth-order valence-electron chi connectivity index (χ4n) is 12.6. The summed E-state index contributed by atoms with van der Waals surface area (Å²) in [4.78, 5) is 73.0. The van der Waals surface area contributed by atoms with Gasteiger partial charge in [-0.1, -0.05) is 381 Å². The predicted octanol–water partition coefficient (Wildman–Crippen LogP) is 24.4. The standard InChI is InChI=1S/C81H158O17P2/c1-6-9-12-15-18-21-24-27-29-31-32-33-34-35-36-38-40-43-46-51-57-62-67-81(86)97-76(70-91-78(83)64-59-54-49-44-42-39-37-30-28-25-22-19-16-13-10-7-2)72-95-99(87,88)93-68-75(82)69-94-100(89,90)96-73-77(71-92-79(84)65-60-55-52-47-48-53-58-63-74(4)5)98-80(85)66-61-56-50-45-41-26-23-20-17-14-11-8-3/h74-77,82H,6-73H2,1-5H3,(H,87,88)(H,89,90)/t75-,76-,77-/m1/s1. The number of aliphatic hydroxyl groups excluding tert-OH is 1. The molecule has 0 saturated heterocycles. The summed E-state index contributed by atoms with van der Waals surface area (Å²) < 4.78 is 68.7. The molecule has 17 nitrogen and oxygen atoms in total. The molecule has 5 atom stereocenters. The summed E-state index contributed by atoms with van der Waals surface area (Å²) in [5.41, 5.74) is 0. The van der Waals surface area contributed by atoms with Crippen molar-refractivity contribution in [2.45, 2.75) is 451 Å². The van der Waals surface area contributed by atoms with Crippen molar-refractivity contribution in [3.8, 4) is 0 Å². The van der Waals surface area contributed by atoms with Crippen molar-refractivity contribution in [1.29, 1.82) is 0 Å². The van der Waals surface area contributed by atoms with Crippen LogP contribution in [-0.4, -0.2) is 96.7 Å². The van der Waals surface area contributed by atoms with Crippen LogP contribution < -0.4 is 0 Å². The molecule has 0 rings (SSSR count).